The number of hydrogen-bond donors (Lipinski definition) is 1. The first kappa shape index (κ1) is 12.9. The van der Waals surface area contributed by atoms with Crippen LogP contribution in [0.3, 0.4) is 0 Å². The molecule has 92 valence electrons. The standard InChI is InChI=1S/C12H19Br2NO/c1-12(6-13,7-14)15-11(16)10-5-8-2-3-9(10)4-8/h8-10H,2-7H2,1H3,(H,15,16). The van der Waals surface area contributed by atoms with Crippen molar-refractivity contribution >= 4 is 37.8 Å². The Morgan fingerprint density at radius 1 is 1.31 bits per heavy atom. The zero-order valence-corrected chi connectivity index (χ0v) is 12.8. The van der Waals surface area contributed by atoms with E-state index in [1.165, 1.54) is 19.3 Å². The molecular weight excluding hydrogens is 334 g/mol. The number of amides is 1. The fourth-order valence-corrected chi connectivity index (χ4v) is 4.27. The third-order valence-corrected chi connectivity index (χ3v) is 6.56. The number of fused-ring (bicyclic) bond motifs is 2. The SMILES string of the molecule is CC(CBr)(CBr)NC(=O)C1CC2CCC1C2. The Labute approximate surface area is 114 Å². The molecule has 0 aromatic carbocycles. The van der Waals surface area contributed by atoms with Crippen molar-refractivity contribution in [1.82, 2.24) is 5.32 Å². The largest absolute Gasteiger partial charge is 0.349 e. The van der Waals surface area contributed by atoms with Crippen LogP contribution in [-0.2, 0) is 4.79 Å². The van der Waals surface area contributed by atoms with Crippen molar-refractivity contribution < 1.29 is 4.79 Å². The third-order valence-electron chi connectivity index (χ3n) is 4.09. The summed E-state index contributed by atoms with van der Waals surface area (Å²) in [5.74, 6) is 2.06. The van der Waals surface area contributed by atoms with Crippen molar-refractivity contribution in [3.05, 3.63) is 0 Å². The lowest BCUT2D eigenvalue weighted by atomic mass is 9.87. The van der Waals surface area contributed by atoms with Crippen LogP contribution in [0.1, 0.15) is 32.6 Å². The average Bonchev–Trinajstić information content (AvgIpc) is 2.90. The van der Waals surface area contributed by atoms with Gasteiger partial charge in [0.15, 0.2) is 0 Å². The molecule has 3 atom stereocenters. The molecule has 2 aliphatic carbocycles. The Bertz CT molecular complexity index is 278. The Kier molecular flexibility index (Phi) is 4.00. The molecule has 0 aliphatic heterocycles. The van der Waals surface area contributed by atoms with E-state index in [1.807, 2.05) is 0 Å². The van der Waals surface area contributed by atoms with E-state index in [0.29, 0.717) is 5.92 Å². The number of halogens is 2. The molecule has 2 fully saturated rings. The van der Waals surface area contributed by atoms with Gasteiger partial charge in [-0.2, -0.15) is 0 Å². The smallest absolute Gasteiger partial charge is 0.223 e. The predicted molar refractivity (Wildman–Crippen MR) is 73.1 cm³/mol. The Balaban J connectivity index is 1.93. The number of carbonyl (C=O) groups excluding carboxylic acids is 1. The maximum atomic E-state index is 12.2. The second-order valence-electron chi connectivity index (χ2n) is 5.60. The summed E-state index contributed by atoms with van der Waals surface area (Å²) < 4.78 is 0. The molecule has 2 rings (SSSR count). The van der Waals surface area contributed by atoms with E-state index in [-0.39, 0.29) is 17.4 Å². The van der Waals surface area contributed by atoms with Crippen LogP contribution in [-0.4, -0.2) is 22.1 Å². The summed E-state index contributed by atoms with van der Waals surface area (Å²) in [4.78, 5) is 12.2. The quantitative estimate of drug-likeness (QED) is 0.774. The van der Waals surface area contributed by atoms with Gasteiger partial charge in [-0.25, -0.2) is 0 Å². The van der Waals surface area contributed by atoms with Crippen LogP contribution < -0.4 is 5.32 Å². The molecule has 3 unspecified atom stereocenters. The molecule has 2 saturated carbocycles. The third kappa shape index (κ3) is 2.47. The van der Waals surface area contributed by atoms with Gasteiger partial charge in [-0.05, 0) is 38.0 Å². The number of alkyl halides is 2. The molecule has 0 aromatic rings. The van der Waals surface area contributed by atoms with E-state index >= 15 is 0 Å². The van der Waals surface area contributed by atoms with Crippen molar-refractivity contribution in [1.29, 1.82) is 0 Å². The van der Waals surface area contributed by atoms with Crippen LogP contribution in [0.5, 0.6) is 0 Å². The molecule has 0 radical (unpaired) electrons. The monoisotopic (exact) mass is 351 g/mol. The summed E-state index contributed by atoms with van der Waals surface area (Å²) in [5, 5.41) is 4.77. The van der Waals surface area contributed by atoms with E-state index in [9.17, 15) is 4.79 Å². The van der Waals surface area contributed by atoms with E-state index in [0.717, 1.165) is 23.0 Å². The van der Waals surface area contributed by atoms with Crippen LogP contribution in [0.25, 0.3) is 0 Å². The number of nitrogens with one attached hydrogen (secondary N) is 1. The van der Waals surface area contributed by atoms with Crippen LogP contribution in [0, 0.1) is 17.8 Å². The molecule has 0 spiro atoms. The fraction of sp³-hybridized carbons (Fsp3) is 0.917. The second-order valence-corrected chi connectivity index (χ2v) is 6.72. The molecule has 0 aromatic heterocycles. The summed E-state index contributed by atoms with van der Waals surface area (Å²) in [6.45, 7) is 2.07. The van der Waals surface area contributed by atoms with Crippen molar-refractivity contribution in [2.45, 2.75) is 38.1 Å². The molecule has 16 heavy (non-hydrogen) atoms. The molecule has 2 nitrogen and oxygen atoms in total. The molecule has 4 heteroatoms. The summed E-state index contributed by atoms with van der Waals surface area (Å²) in [7, 11) is 0. The summed E-state index contributed by atoms with van der Waals surface area (Å²) in [6.07, 6.45) is 5.03. The molecule has 1 N–H and O–H groups in total. The zero-order chi connectivity index (χ0) is 11.8. The highest BCUT2D eigenvalue weighted by Gasteiger charge is 2.44. The first-order valence-corrected chi connectivity index (χ1v) is 8.26. The highest BCUT2D eigenvalue weighted by Crippen LogP contribution is 2.48. The van der Waals surface area contributed by atoms with Crippen molar-refractivity contribution in [2.75, 3.05) is 10.7 Å². The van der Waals surface area contributed by atoms with Crippen LogP contribution >= 0.6 is 31.9 Å². The van der Waals surface area contributed by atoms with Crippen molar-refractivity contribution in [3.8, 4) is 0 Å². The maximum Gasteiger partial charge on any atom is 0.223 e. The van der Waals surface area contributed by atoms with Crippen LogP contribution in [0.15, 0.2) is 0 Å². The fourth-order valence-electron chi connectivity index (χ4n) is 3.06. The number of hydrogen-bond acceptors (Lipinski definition) is 1. The van der Waals surface area contributed by atoms with Gasteiger partial charge in [-0.3, -0.25) is 4.79 Å². The topological polar surface area (TPSA) is 29.1 Å². The predicted octanol–water partition coefficient (Wildman–Crippen LogP) is 3.09. The summed E-state index contributed by atoms with van der Waals surface area (Å²) in [5.41, 5.74) is -0.154. The maximum absolute atomic E-state index is 12.2. The van der Waals surface area contributed by atoms with Gasteiger partial charge in [0, 0.05) is 16.6 Å². The van der Waals surface area contributed by atoms with E-state index in [1.54, 1.807) is 0 Å². The van der Waals surface area contributed by atoms with E-state index < -0.39 is 0 Å². The van der Waals surface area contributed by atoms with Gasteiger partial charge in [-0.15, -0.1) is 0 Å². The summed E-state index contributed by atoms with van der Waals surface area (Å²) >= 11 is 6.93. The number of rotatable bonds is 4. The van der Waals surface area contributed by atoms with Crippen LogP contribution in [0.2, 0.25) is 0 Å². The lowest BCUT2D eigenvalue weighted by molar-refractivity contribution is -0.127. The highest BCUT2D eigenvalue weighted by molar-refractivity contribution is 9.09. The summed E-state index contributed by atoms with van der Waals surface area (Å²) in [6, 6.07) is 0. The zero-order valence-electron chi connectivity index (χ0n) is 9.64. The van der Waals surface area contributed by atoms with Gasteiger partial charge in [0.2, 0.25) is 5.91 Å². The molecule has 2 aliphatic rings. The van der Waals surface area contributed by atoms with Crippen molar-refractivity contribution in [2.24, 2.45) is 17.8 Å². The second kappa shape index (κ2) is 4.97. The normalized spacial score (nSPS) is 33.1. The van der Waals surface area contributed by atoms with E-state index in [2.05, 4.69) is 44.1 Å². The molecule has 0 saturated heterocycles. The van der Waals surface area contributed by atoms with Gasteiger partial charge < -0.3 is 5.32 Å². The Morgan fingerprint density at radius 3 is 2.44 bits per heavy atom. The molecular formula is C12H19Br2NO. The minimum atomic E-state index is -0.154. The molecule has 1 amide bonds. The van der Waals surface area contributed by atoms with E-state index in [4.69, 9.17) is 0 Å². The highest BCUT2D eigenvalue weighted by atomic mass is 79.9. The van der Waals surface area contributed by atoms with Gasteiger partial charge in [0.1, 0.15) is 0 Å². The Hall–Kier alpha value is 0.430. The molecule has 2 bridgehead atoms. The first-order valence-electron chi connectivity index (χ1n) is 6.02. The first-order chi connectivity index (χ1) is 7.58. The van der Waals surface area contributed by atoms with Gasteiger partial charge in [-0.1, -0.05) is 38.3 Å². The lowest BCUT2D eigenvalue weighted by Crippen LogP contribution is -2.51. The van der Waals surface area contributed by atoms with Gasteiger partial charge in [0.25, 0.3) is 0 Å². The number of carbonyl (C=O) groups is 1. The van der Waals surface area contributed by atoms with Crippen LogP contribution in [0.4, 0.5) is 0 Å². The Morgan fingerprint density at radius 2 is 2.00 bits per heavy atom. The average molecular weight is 353 g/mol. The van der Waals surface area contributed by atoms with Gasteiger partial charge >= 0.3 is 0 Å². The van der Waals surface area contributed by atoms with Crippen molar-refractivity contribution in [3.63, 3.8) is 0 Å². The minimum Gasteiger partial charge on any atom is -0.349 e. The minimum absolute atomic E-state index is 0.154. The van der Waals surface area contributed by atoms with Gasteiger partial charge in [0.05, 0.1) is 5.54 Å². The lowest BCUT2D eigenvalue weighted by Gasteiger charge is -2.30. The molecule has 0 heterocycles.